The lowest BCUT2D eigenvalue weighted by atomic mass is 9.79. The fourth-order valence-electron chi connectivity index (χ4n) is 4.66. The number of hydrogen-bond donors (Lipinski definition) is 1. The second kappa shape index (κ2) is 9.43. The number of guanidine groups is 1. The van der Waals surface area contributed by atoms with E-state index >= 15 is 0 Å². The summed E-state index contributed by atoms with van der Waals surface area (Å²) in [6.45, 7) is 2.15. The Balaban J connectivity index is 1.36. The van der Waals surface area contributed by atoms with Crippen LogP contribution in [0.25, 0.3) is 0 Å². The molecule has 2 aromatic carbocycles. The highest BCUT2D eigenvalue weighted by molar-refractivity contribution is 6.30. The zero-order valence-electron chi connectivity index (χ0n) is 18.9. The van der Waals surface area contributed by atoms with Crippen molar-refractivity contribution >= 4 is 29.4 Å². The standard InChI is InChI=1S/C25H29ClN4O3/c1-17(33-21-10-6-9-19(26)15-21)22(31)29(2)20-11-13-25(14-12-20)23(32)30(24(27)28-25)16-18-7-4-3-5-8-18/h3-10,15,17,20H,11-14,16H2,1-2H3,(H2,27,28). The summed E-state index contributed by atoms with van der Waals surface area (Å²) in [7, 11) is 1.79. The van der Waals surface area contributed by atoms with Gasteiger partial charge in [0, 0.05) is 18.1 Å². The molecular weight excluding hydrogens is 440 g/mol. The molecule has 1 atom stereocenters. The van der Waals surface area contributed by atoms with Crippen molar-refractivity contribution in [2.75, 3.05) is 7.05 Å². The summed E-state index contributed by atoms with van der Waals surface area (Å²) in [5.74, 6) is 0.672. The monoisotopic (exact) mass is 468 g/mol. The maximum absolute atomic E-state index is 13.3. The van der Waals surface area contributed by atoms with Crippen LogP contribution in [0.15, 0.2) is 59.6 Å². The van der Waals surface area contributed by atoms with Crippen LogP contribution in [0.2, 0.25) is 5.02 Å². The highest BCUT2D eigenvalue weighted by atomic mass is 35.5. The number of aliphatic imine (C=N–C) groups is 1. The van der Waals surface area contributed by atoms with Gasteiger partial charge in [-0.2, -0.15) is 0 Å². The highest BCUT2D eigenvalue weighted by Gasteiger charge is 2.50. The molecule has 174 valence electrons. The molecule has 7 nitrogen and oxygen atoms in total. The van der Waals surface area contributed by atoms with Gasteiger partial charge in [0.1, 0.15) is 11.3 Å². The Morgan fingerprint density at radius 3 is 2.61 bits per heavy atom. The van der Waals surface area contributed by atoms with E-state index < -0.39 is 11.6 Å². The van der Waals surface area contributed by atoms with E-state index in [9.17, 15) is 9.59 Å². The summed E-state index contributed by atoms with van der Waals surface area (Å²) in [5.41, 5.74) is 6.34. The van der Waals surface area contributed by atoms with Gasteiger partial charge in [-0.1, -0.05) is 48.0 Å². The van der Waals surface area contributed by atoms with E-state index in [4.69, 9.17) is 22.1 Å². The molecule has 1 heterocycles. The SMILES string of the molecule is CC(Oc1cccc(Cl)c1)C(=O)N(C)C1CCC2(CC1)N=C(N)N(Cc1ccccc1)C2=O. The summed E-state index contributed by atoms with van der Waals surface area (Å²) in [6.07, 6.45) is 1.82. The zero-order valence-corrected chi connectivity index (χ0v) is 19.7. The first-order valence-corrected chi connectivity index (χ1v) is 11.6. The van der Waals surface area contributed by atoms with Gasteiger partial charge < -0.3 is 15.4 Å². The van der Waals surface area contributed by atoms with Crippen LogP contribution in [0.1, 0.15) is 38.2 Å². The molecule has 2 aromatic rings. The molecule has 1 aliphatic heterocycles. The molecular formula is C25H29ClN4O3. The number of carbonyl (C=O) groups excluding carboxylic acids is 2. The molecule has 2 aliphatic rings. The van der Waals surface area contributed by atoms with Gasteiger partial charge in [0.05, 0.1) is 6.54 Å². The first-order chi connectivity index (χ1) is 15.8. The number of benzene rings is 2. The Morgan fingerprint density at radius 1 is 1.24 bits per heavy atom. The van der Waals surface area contributed by atoms with Crippen molar-refractivity contribution in [3.05, 3.63) is 65.2 Å². The van der Waals surface area contributed by atoms with Crippen LogP contribution in [0.4, 0.5) is 0 Å². The summed E-state index contributed by atoms with van der Waals surface area (Å²) in [6, 6.07) is 16.8. The van der Waals surface area contributed by atoms with Crippen LogP contribution >= 0.6 is 11.6 Å². The zero-order chi connectivity index (χ0) is 23.6. The lowest BCUT2D eigenvalue weighted by Gasteiger charge is -2.38. The smallest absolute Gasteiger partial charge is 0.263 e. The van der Waals surface area contributed by atoms with E-state index in [0.717, 1.165) is 5.56 Å². The molecule has 1 unspecified atom stereocenters. The number of ether oxygens (including phenoxy) is 1. The van der Waals surface area contributed by atoms with Gasteiger partial charge in [0.15, 0.2) is 12.1 Å². The third-order valence-corrected chi connectivity index (χ3v) is 6.80. The van der Waals surface area contributed by atoms with E-state index in [2.05, 4.69) is 4.99 Å². The van der Waals surface area contributed by atoms with Crippen LogP contribution in [-0.4, -0.2) is 52.3 Å². The van der Waals surface area contributed by atoms with Crippen LogP contribution in [0.5, 0.6) is 5.75 Å². The van der Waals surface area contributed by atoms with Crippen molar-refractivity contribution < 1.29 is 14.3 Å². The molecule has 4 rings (SSSR count). The topological polar surface area (TPSA) is 88.2 Å². The summed E-state index contributed by atoms with van der Waals surface area (Å²) < 4.78 is 5.79. The van der Waals surface area contributed by atoms with Crippen molar-refractivity contribution in [3.8, 4) is 5.75 Å². The predicted octanol–water partition coefficient (Wildman–Crippen LogP) is 3.60. The number of halogens is 1. The Labute approximate surface area is 199 Å². The molecule has 0 saturated heterocycles. The maximum atomic E-state index is 13.3. The van der Waals surface area contributed by atoms with Gasteiger partial charge in [-0.15, -0.1) is 0 Å². The third-order valence-electron chi connectivity index (χ3n) is 6.57. The molecule has 1 spiro atoms. The molecule has 2 amide bonds. The molecule has 33 heavy (non-hydrogen) atoms. The molecule has 8 heteroatoms. The van der Waals surface area contributed by atoms with Gasteiger partial charge in [0.25, 0.3) is 11.8 Å². The average Bonchev–Trinajstić information content (AvgIpc) is 3.03. The Morgan fingerprint density at radius 2 is 1.94 bits per heavy atom. The molecule has 0 bridgehead atoms. The van der Waals surface area contributed by atoms with Crippen molar-refractivity contribution in [3.63, 3.8) is 0 Å². The fraction of sp³-hybridized carbons (Fsp3) is 0.400. The second-order valence-electron chi connectivity index (χ2n) is 8.78. The predicted molar refractivity (Wildman–Crippen MR) is 128 cm³/mol. The van der Waals surface area contributed by atoms with Crippen molar-refractivity contribution in [1.82, 2.24) is 9.80 Å². The molecule has 1 saturated carbocycles. The third kappa shape index (κ3) is 4.83. The Hall–Kier alpha value is -3.06. The number of nitrogens with two attached hydrogens (primary N) is 1. The van der Waals surface area contributed by atoms with Crippen LogP contribution < -0.4 is 10.5 Å². The van der Waals surface area contributed by atoms with E-state index in [1.54, 1.807) is 48.0 Å². The van der Waals surface area contributed by atoms with Gasteiger partial charge in [-0.25, -0.2) is 4.99 Å². The van der Waals surface area contributed by atoms with Gasteiger partial charge >= 0.3 is 0 Å². The quantitative estimate of drug-likeness (QED) is 0.701. The Bertz CT molecular complexity index is 1050. The van der Waals surface area contributed by atoms with E-state index in [1.165, 1.54) is 0 Å². The Kier molecular flexibility index (Phi) is 6.61. The lowest BCUT2D eigenvalue weighted by molar-refractivity contribution is -0.140. The summed E-state index contributed by atoms with van der Waals surface area (Å²) in [4.78, 5) is 34.1. The largest absolute Gasteiger partial charge is 0.481 e. The van der Waals surface area contributed by atoms with E-state index in [1.807, 2.05) is 30.3 Å². The molecule has 2 N–H and O–H groups in total. The lowest BCUT2D eigenvalue weighted by Crippen LogP contribution is -2.50. The van der Waals surface area contributed by atoms with E-state index in [0.29, 0.717) is 43.0 Å². The first-order valence-electron chi connectivity index (χ1n) is 11.2. The number of likely N-dealkylation sites (N-methyl/N-ethyl adjacent to an activating group) is 1. The summed E-state index contributed by atoms with van der Waals surface area (Å²) >= 11 is 6.00. The number of nitrogens with zero attached hydrogens (tertiary/aromatic N) is 3. The minimum Gasteiger partial charge on any atom is -0.481 e. The maximum Gasteiger partial charge on any atom is 0.263 e. The molecule has 0 radical (unpaired) electrons. The number of amides is 2. The second-order valence-corrected chi connectivity index (χ2v) is 9.21. The number of hydrogen-bond acceptors (Lipinski definition) is 5. The van der Waals surface area contributed by atoms with Crippen LogP contribution in [0, 0.1) is 0 Å². The molecule has 1 fully saturated rings. The van der Waals surface area contributed by atoms with Crippen molar-refractivity contribution in [1.29, 1.82) is 0 Å². The number of rotatable bonds is 6. The average molecular weight is 469 g/mol. The van der Waals surface area contributed by atoms with Crippen LogP contribution in [0.3, 0.4) is 0 Å². The van der Waals surface area contributed by atoms with E-state index in [-0.39, 0.29) is 23.8 Å². The van der Waals surface area contributed by atoms with Crippen LogP contribution in [-0.2, 0) is 16.1 Å². The van der Waals surface area contributed by atoms with Crippen molar-refractivity contribution in [2.45, 2.75) is 56.8 Å². The number of carbonyl (C=O) groups is 2. The normalized spacial score (nSPS) is 23.4. The van der Waals surface area contributed by atoms with Crippen molar-refractivity contribution in [2.24, 2.45) is 10.7 Å². The van der Waals surface area contributed by atoms with Gasteiger partial charge in [-0.05, 0) is 56.4 Å². The summed E-state index contributed by atoms with van der Waals surface area (Å²) in [5, 5.41) is 0.556. The first kappa shape index (κ1) is 23.1. The van der Waals surface area contributed by atoms with Gasteiger partial charge in [0.2, 0.25) is 0 Å². The molecule has 1 aliphatic carbocycles. The highest BCUT2D eigenvalue weighted by Crippen LogP contribution is 2.39. The van der Waals surface area contributed by atoms with Gasteiger partial charge in [-0.3, -0.25) is 14.5 Å². The minimum absolute atomic E-state index is 0.0148. The molecule has 0 aromatic heterocycles. The fourth-order valence-corrected chi connectivity index (χ4v) is 4.84. The minimum atomic E-state index is -0.817.